The molecular weight excluding hydrogens is 293 g/mol. The molecule has 0 aromatic carbocycles. The van der Waals surface area contributed by atoms with Crippen LogP contribution in [-0.2, 0) is 14.0 Å². The Hall–Kier alpha value is -1.18. The molecule has 2 fully saturated rings. The van der Waals surface area contributed by atoms with Crippen LogP contribution in [0.25, 0.3) is 0 Å². The van der Waals surface area contributed by atoms with Crippen molar-refractivity contribution in [3.05, 3.63) is 12.4 Å². The number of nitrogens with zero attached hydrogens (tertiary/aromatic N) is 3. The molecule has 0 N–H and O–H groups in total. The van der Waals surface area contributed by atoms with Crippen molar-refractivity contribution in [2.45, 2.75) is 65.0 Å². The van der Waals surface area contributed by atoms with Crippen molar-refractivity contribution in [2.24, 2.45) is 0 Å². The molecule has 0 amide bonds. The summed E-state index contributed by atoms with van der Waals surface area (Å²) in [5.41, 5.74) is 0.137. The van der Waals surface area contributed by atoms with E-state index in [1.165, 1.54) is 0 Å². The summed E-state index contributed by atoms with van der Waals surface area (Å²) < 4.78 is 17.8. The van der Waals surface area contributed by atoms with Gasteiger partial charge in [-0.15, -0.1) is 0 Å². The highest BCUT2D eigenvalue weighted by molar-refractivity contribution is 6.61. The van der Waals surface area contributed by atoms with Gasteiger partial charge in [-0.2, -0.15) is 0 Å². The molecule has 0 aliphatic carbocycles. The summed E-state index contributed by atoms with van der Waals surface area (Å²) in [6, 6.07) is 0. The zero-order valence-corrected chi connectivity index (χ0v) is 14.9. The maximum Gasteiger partial charge on any atom is 0.498 e. The first-order valence-corrected chi connectivity index (χ1v) is 8.26. The monoisotopic (exact) mass is 319 g/mol. The first-order chi connectivity index (χ1) is 10.7. The Bertz CT molecular complexity index is 538. The van der Waals surface area contributed by atoms with Crippen LogP contribution in [0, 0.1) is 0 Å². The quantitative estimate of drug-likeness (QED) is 0.768. The molecule has 0 radical (unpaired) electrons. The van der Waals surface area contributed by atoms with Crippen LogP contribution in [0.2, 0.25) is 0 Å². The average molecular weight is 319 g/mol. The lowest BCUT2D eigenvalue weighted by Gasteiger charge is -2.35. The molecule has 7 heteroatoms. The van der Waals surface area contributed by atoms with E-state index in [2.05, 4.69) is 28.7 Å². The van der Waals surface area contributed by atoms with E-state index in [0.717, 1.165) is 24.5 Å². The van der Waals surface area contributed by atoms with Crippen LogP contribution < -0.4 is 10.4 Å². The van der Waals surface area contributed by atoms with Crippen LogP contribution in [0.4, 0.5) is 5.95 Å². The fourth-order valence-electron chi connectivity index (χ4n) is 2.94. The molecule has 0 spiro atoms. The van der Waals surface area contributed by atoms with E-state index in [1.807, 2.05) is 27.7 Å². The molecule has 2 aliphatic heterocycles. The maximum atomic E-state index is 6.03. The average Bonchev–Trinajstić information content (AvgIpc) is 2.66. The third-order valence-corrected chi connectivity index (χ3v) is 4.89. The van der Waals surface area contributed by atoms with Crippen LogP contribution in [0.3, 0.4) is 0 Å². The Balaban J connectivity index is 1.73. The second-order valence-corrected chi connectivity index (χ2v) is 7.57. The molecule has 126 valence electrons. The number of hydrogen-bond acceptors (Lipinski definition) is 6. The first-order valence-electron chi connectivity index (χ1n) is 8.26. The highest BCUT2D eigenvalue weighted by Crippen LogP contribution is 2.36. The molecule has 1 aromatic rings. The van der Waals surface area contributed by atoms with E-state index in [1.54, 1.807) is 12.4 Å². The Kier molecular flexibility index (Phi) is 4.15. The van der Waals surface area contributed by atoms with Crippen molar-refractivity contribution in [2.75, 3.05) is 18.0 Å². The fraction of sp³-hybridized carbons (Fsp3) is 0.750. The molecule has 3 heterocycles. The summed E-state index contributed by atoms with van der Waals surface area (Å²) in [5.74, 6) is 0.729. The van der Waals surface area contributed by atoms with Gasteiger partial charge in [-0.05, 0) is 41.5 Å². The zero-order chi connectivity index (χ0) is 16.8. The summed E-state index contributed by atoms with van der Waals surface area (Å²) in [4.78, 5) is 11.2. The molecule has 0 saturated carbocycles. The Morgan fingerprint density at radius 1 is 1.00 bits per heavy atom. The molecule has 23 heavy (non-hydrogen) atoms. The van der Waals surface area contributed by atoms with Crippen molar-refractivity contribution in [3.8, 4) is 0 Å². The summed E-state index contributed by atoms with van der Waals surface area (Å²) in [5, 5.41) is 0. The minimum atomic E-state index is -0.420. The molecule has 2 atom stereocenters. The Morgan fingerprint density at radius 3 is 1.96 bits per heavy atom. The minimum absolute atomic E-state index is 0.185. The largest absolute Gasteiger partial charge is 0.498 e. The standard InChI is InChI=1S/C16H26BN3O3/c1-11-9-20(10-12(2)21-11)14-18-7-13(8-19-14)17-22-15(3,4)16(5,6)23-17/h7-8,11-12H,9-10H2,1-6H3/t11-,12+. The van der Waals surface area contributed by atoms with Crippen molar-refractivity contribution in [1.29, 1.82) is 0 Å². The van der Waals surface area contributed by atoms with Gasteiger partial charge < -0.3 is 18.9 Å². The summed E-state index contributed by atoms with van der Waals surface area (Å²) >= 11 is 0. The SMILES string of the molecule is C[C@@H]1CN(c2ncc(B3OC(C)(C)C(C)(C)O3)cn2)C[C@H](C)O1. The third-order valence-electron chi connectivity index (χ3n) is 4.89. The molecule has 1 aromatic heterocycles. The van der Waals surface area contributed by atoms with Gasteiger partial charge in [-0.25, -0.2) is 9.97 Å². The van der Waals surface area contributed by atoms with Gasteiger partial charge in [-0.3, -0.25) is 0 Å². The van der Waals surface area contributed by atoms with Gasteiger partial charge in [0.05, 0.1) is 23.4 Å². The first kappa shape index (κ1) is 16.7. The Morgan fingerprint density at radius 2 is 1.48 bits per heavy atom. The number of rotatable bonds is 2. The number of aromatic nitrogens is 2. The normalized spacial score (nSPS) is 29.8. The predicted molar refractivity (Wildman–Crippen MR) is 90.0 cm³/mol. The van der Waals surface area contributed by atoms with E-state index in [0.29, 0.717) is 0 Å². The number of ether oxygens (including phenoxy) is 1. The van der Waals surface area contributed by atoms with Crippen LogP contribution >= 0.6 is 0 Å². The molecule has 3 rings (SSSR count). The molecule has 2 aliphatic rings. The topological polar surface area (TPSA) is 56.7 Å². The van der Waals surface area contributed by atoms with Crippen LogP contribution in [0.15, 0.2) is 12.4 Å². The lowest BCUT2D eigenvalue weighted by molar-refractivity contribution is -0.00572. The van der Waals surface area contributed by atoms with E-state index in [9.17, 15) is 0 Å². The van der Waals surface area contributed by atoms with Crippen molar-refractivity contribution in [1.82, 2.24) is 9.97 Å². The molecule has 6 nitrogen and oxygen atoms in total. The number of hydrogen-bond donors (Lipinski definition) is 0. The van der Waals surface area contributed by atoms with Gasteiger partial charge in [0, 0.05) is 30.9 Å². The second kappa shape index (κ2) is 5.72. The smallest absolute Gasteiger partial charge is 0.399 e. The van der Waals surface area contributed by atoms with Gasteiger partial charge >= 0.3 is 7.12 Å². The van der Waals surface area contributed by atoms with E-state index in [4.69, 9.17) is 14.0 Å². The minimum Gasteiger partial charge on any atom is -0.399 e. The molecule has 0 unspecified atom stereocenters. The fourth-order valence-corrected chi connectivity index (χ4v) is 2.94. The second-order valence-electron chi connectivity index (χ2n) is 7.57. The summed E-state index contributed by atoms with van der Waals surface area (Å²) in [6.45, 7) is 13.9. The molecule has 2 saturated heterocycles. The van der Waals surface area contributed by atoms with Gasteiger partial charge in [-0.1, -0.05) is 0 Å². The van der Waals surface area contributed by atoms with Crippen molar-refractivity contribution >= 4 is 18.5 Å². The molecule has 0 bridgehead atoms. The van der Waals surface area contributed by atoms with Crippen LogP contribution in [-0.4, -0.2) is 53.6 Å². The van der Waals surface area contributed by atoms with E-state index < -0.39 is 7.12 Å². The number of anilines is 1. The summed E-state index contributed by atoms with van der Waals surface area (Å²) in [7, 11) is -0.420. The van der Waals surface area contributed by atoms with Crippen molar-refractivity contribution < 1.29 is 14.0 Å². The molecular formula is C16H26BN3O3. The lowest BCUT2D eigenvalue weighted by Crippen LogP contribution is -2.46. The van der Waals surface area contributed by atoms with Crippen molar-refractivity contribution in [3.63, 3.8) is 0 Å². The Labute approximate surface area is 138 Å². The van der Waals surface area contributed by atoms with Gasteiger partial charge in [0.1, 0.15) is 0 Å². The van der Waals surface area contributed by atoms with Gasteiger partial charge in [0.15, 0.2) is 0 Å². The highest BCUT2D eigenvalue weighted by atomic mass is 16.7. The lowest BCUT2D eigenvalue weighted by atomic mass is 9.81. The van der Waals surface area contributed by atoms with Crippen LogP contribution in [0.5, 0.6) is 0 Å². The summed E-state index contributed by atoms with van der Waals surface area (Å²) in [6.07, 6.45) is 3.97. The highest BCUT2D eigenvalue weighted by Gasteiger charge is 2.52. The maximum absolute atomic E-state index is 6.03. The zero-order valence-electron chi connectivity index (χ0n) is 14.9. The number of morpholine rings is 1. The van der Waals surface area contributed by atoms with E-state index >= 15 is 0 Å². The van der Waals surface area contributed by atoms with E-state index in [-0.39, 0.29) is 23.4 Å². The van der Waals surface area contributed by atoms with Gasteiger partial charge in [0.2, 0.25) is 5.95 Å². The third kappa shape index (κ3) is 3.23. The van der Waals surface area contributed by atoms with Gasteiger partial charge in [0.25, 0.3) is 0 Å². The van der Waals surface area contributed by atoms with Crippen LogP contribution in [0.1, 0.15) is 41.5 Å². The predicted octanol–water partition coefficient (Wildman–Crippen LogP) is 1.39.